The number of methoxy groups -OCH3 is 1. The molecule has 1 amide bonds. The van der Waals surface area contributed by atoms with Crippen LogP contribution in [0, 0.1) is 0 Å². The molecule has 0 saturated carbocycles. The molecule has 2 rings (SSSR count). The zero-order valence-corrected chi connectivity index (χ0v) is 15.5. The van der Waals surface area contributed by atoms with Crippen LogP contribution >= 0.6 is 0 Å². The number of sulfonamides is 1. The van der Waals surface area contributed by atoms with E-state index < -0.39 is 10.0 Å². The Morgan fingerprint density at radius 1 is 1.04 bits per heavy atom. The van der Waals surface area contributed by atoms with E-state index in [1.54, 1.807) is 31.4 Å². The maximum absolute atomic E-state index is 12.4. The monoisotopic (exact) mass is 378 g/mol. The maximum Gasteiger partial charge on any atom is 0.261 e. The molecule has 26 heavy (non-hydrogen) atoms. The summed E-state index contributed by atoms with van der Waals surface area (Å²) in [5, 5.41) is 2.67. The van der Waals surface area contributed by atoms with E-state index in [0.717, 1.165) is 0 Å². The fourth-order valence-corrected chi connectivity index (χ4v) is 3.21. The van der Waals surface area contributed by atoms with Crippen LogP contribution in [0.1, 0.15) is 17.3 Å². The van der Waals surface area contributed by atoms with E-state index in [1.165, 1.54) is 24.3 Å². The van der Waals surface area contributed by atoms with Gasteiger partial charge in [0.2, 0.25) is 0 Å². The minimum Gasteiger partial charge on any atom is -0.494 e. The zero-order valence-electron chi connectivity index (χ0n) is 14.7. The summed E-state index contributed by atoms with van der Waals surface area (Å²) in [4.78, 5) is 12.0. The van der Waals surface area contributed by atoms with Gasteiger partial charge in [-0.2, -0.15) is 0 Å². The molecule has 0 atom stereocenters. The molecule has 0 bridgehead atoms. The lowest BCUT2D eigenvalue weighted by Gasteiger charge is -2.10. The summed E-state index contributed by atoms with van der Waals surface area (Å²) in [6.45, 7) is 3.20. The minimum atomic E-state index is -3.74. The average Bonchev–Trinajstić information content (AvgIpc) is 2.63. The second kappa shape index (κ2) is 9.21. The van der Waals surface area contributed by atoms with Crippen molar-refractivity contribution in [1.29, 1.82) is 0 Å². The Hall–Kier alpha value is -2.58. The van der Waals surface area contributed by atoms with E-state index in [4.69, 9.17) is 9.47 Å². The molecule has 0 spiro atoms. The molecule has 0 heterocycles. The van der Waals surface area contributed by atoms with E-state index >= 15 is 0 Å². The molecule has 140 valence electrons. The van der Waals surface area contributed by atoms with Crippen LogP contribution in [0.15, 0.2) is 53.4 Å². The van der Waals surface area contributed by atoms with Crippen molar-refractivity contribution in [2.75, 3.05) is 31.6 Å². The van der Waals surface area contributed by atoms with Gasteiger partial charge in [-0.05, 0) is 55.5 Å². The summed E-state index contributed by atoms with van der Waals surface area (Å²) in [7, 11) is -2.20. The smallest absolute Gasteiger partial charge is 0.261 e. The van der Waals surface area contributed by atoms with Gasteiger partial charge in [-0.15, -0.1) is 0 Å². The van der Waals surface area contributed by atoms with E-state index in [0.29, 0.717) is 36.8 Å². The lowest BCUT2D eigenvalue weighted by molar-refractivity contribution is 0.0937. The Balaban J connectivity index is 2.05. The molecule has 0 radical (unpaired) electrons. The van der Waals surface area contributed by atoms with Crippen molar-refractivity contribution in [2.45, 2.75) is 11.8 Å². The van der Waals surface area contributed by atoms with Gasteiger partial charge < -0.3 is 14.8 Å². The van der Waals surface area contributed by atoms with Crippen LogP contribution in [0.2, 0.25) is 0 Å². The van der Waals surface area contributed by atoms with Crippen molar-refractivity contribution < 1.29 is 22.7 Å². The first-order valence-corrected chi connectivity index (χ1v) is 9.57. The second-order valence-corrected chi connectivity index (χ2v) is 7.02. The third kappa shape index (κ3) is 5.47. The van der Waals surface area contributed by atoms with Crippen molar-refractivity contribution in [1.82, 2.24) is 5.32 Å². The normalized spacial score (nSPS) is 11.0. The summed E-state index contributed by atoms with van der Waals surface area (Å²) in [6, 6.07) is 12.3. The summed E-state index contributed by atoms with van der Waals surface area (Å²) in [5.74, 6) is 0.379. The van der Waals surface area contributed by atoms with Crippen molar-refractivity contribution in [3.05, 3.63) is 54.1 Å². The van der Waals surface area contributed by atoms with Crippen molar-refractivity contribution in [2.24, 2.45) is 0 Å². The van der Waals surface area contributed by atoms with Crippen LogP contribution in [0.25, 0.3) is 0 Å². The fourth-order valence-electron chi connectivity index (χ4n) is 2.15. The van der Waals surface area contributed by atoms with Crippen LogP contribution in [0.4, 0.5) is 5.69 Å². The first kappa shape index (κ1) is 19.7. The van der Waals surface area contributed by atoms with E-state index in [9.17, 15) is 13.2 Å². The molecule has 0 aliphatic rings. The van der Waals surface area contributed by atoms with E-state index in [1.807, 2.05) is 6.92 Å². The predicted molar refractivity (Wildman–Crippen MR) is 99.1 cm³/mol. The third-order valence-electron chi connectivity index (χ3n) is 3.44. The molecule has 0 aromatic heterocycles. The molecule has 7 nitrogen and oxygen atoms in total. The molecular weight excluding hydrogens is 356 g/mol. The third-order valence-corrected chi connectivity index (χ3v) is 4.83. The van der Waals surface area contributed by atoms with Crippen LogP contribution < -0.4 is 14.8 Å². The molecule has 0 aliphatic carbocycles. The molecule has 2 aromatic carbocycles. The lowest BCUT2D eigenvalue weighted by Crippen LogP contribution is -2.26. The number of carbonyl (C=O) groups excluding carboxylic acids is 1. The first-order chi connectivity index (χ1) is 12.5. The molecule has 2 aromatic rings. The van der Waals surface area contributed by atoms with Crippen LogP contribution in [0.5, 0.6) is 5.75 Å². The number of rotatable bonds is 9. The number of ether oxygens (including phenoxy) is 2. The molecule has 0 unspecified atom stereocenters. The Morgan fingerprint density at radius 2 is 1.69 bits per heavy atom. The quantitative estimate of drug-likeness (QED) is 0.653. The van der Waals surface area contributed by atoms with Crippen molar-refractivity contribution in [3.63, 3.8) is 0 Å². The Bertz CT molecular complexity index is 818. The molecule has 0 fully saturated rings. The van der Waals surface area contributed by atoms with Crippen molar-refractivity contribution >= 4 is 21.6 Å². The topological polar surface area (TPSA) is 93.7 Å². The molecular formula is C18H22N2O5S. The van der Waals surface area contributed by atoms with Crippen molar-refractivity contribution in [3.8, 4) is 5.75 Å². The van der Waals surface area contributed by atoms with Crippen LogP contribution in [0.3, 0.4) is 0 Å². The standard InChI is InChI=1S/C18H22N2O5S/c1-3-25-16-8-6-15(7-9-16)20-26(22,23)17-10-4-14(5-11-17)18(21)19-12-13-24-2/h4-11,20H,3,12-13H2,1-2H3,(H,19,21). The van der Waals surface area contributed by atoms with Gasteiger partial charge in [-0.25, -0.2) is 8.42 Å². The fraction of sp³-hybridized carbons (Fsp3) is 0.278. The number of nitrogens with one attached hydrogen (secondary N) is 2. The molecule has 0 saturated heterocycles. The van der Waals surface area contributed by atoms with Gasteiger partial charge in [0.05, 0.1) is 18.1 Å². The summed E-state index contributed by atoms with van der Waals surface area (Å²) in [6.07, 6.45) is 0. The van der Waals surface area contributed by atoms with Gasteiger partial charge in [0.25, 0.3) is 15.9 Å². The van der Waals surface area contributed by atoms with Gasteiger partial charge in [0, 0.05) is 24.9 Å². The van der Waals surface area contributed by atoms with Gasteiger partial charge in [0.15, 0.2) is 0 Å². The lowest BCUT2D eigenvalue weighted by atomic mass is 10.2. The number of hydrogen-bond acceptors (Lipinski definition) is 5. The van der Waals surface area contributed by atoms with Crippen LogP contribution in [-0.2, 0) is 14.8 Å². The highest BCUT2D eigenvalue weighted by Gasteiger charge is 2.15. The maximum atomic E-state index is 12.4. The molecule has 0 aliphatic heterocycles. The minimum absolute atomic E-state index is 0.0693. The summed E-state index contributed by atoms with van der Waals surface area (Å²) >= 11 is 0. The van der Waals surface area contributed by atoms with Gasteiger partial charge in [-0.3, -0.25) is 9.52 Å². The number of amides is 1. The second-order valence-electron chi connectivity index (χ2n) is 5.34. The van der Waals surface area contributed by atoms with E-state index in [2.05, 4.69) is 10.0 Å². The Labute approximate surface area is 153 Å². The SMILES string of the molecule is CCOc1ccc(NS(=O)(=O)c2ccc(C(=O)NCCOC)cc2)cc1. The average molecular weight is 378 g/mol. The highest BCUT2D eigenvalue weighted by Crippen LogP contribution is 2.20. The van der Waals surface area contributed by atoms with Crippen LogP contribution in [-0.4, -0.2) is 41.2 Å². The number of anilines is 1. The largest absolute Gasteiger partial charge is 0.494 e. The first-order valence-electron chi connectivity index (χ1n) is 8.09. The number of carbonyl (C=O) groups is 1. The van der Waals surface area contributed by atoms with E-state index in [-0.39, 0.29) is 10.8 Å². The highest BCUT2D eigenvalue weighted by atomic mass is 32.2. The predicted octanol–water partition coefficient (Wildman–Crippen LogP) is 2.26. The van der Waals surface area contributed by atoms with Gasteiger partial charge in [-0.1, -0.05) is 0 Å². The summed E-state index contributed by atoms with van der Waals surface area (Å²) in [5.41, 5.74) is 0.802. The van der Waals surface area contributed by atoms with Gasteiger partial charge in [0.1, 0.15) is 5.75 Å². The Morgan fingerprint density at radius 3 is 2.27 bits per heavy atom. The Kier molecular flexibility index (Phi) is 6.99. The highest BCUT2D eigenvalue weighted by molar-refractivity contribution is 7.92. The number of hydrogen-bond donors (Lipinski definition) is 2. The van der Waals surface area contributed by atoms with Gasteiger partial charge >= 0.3 is 0 Å². The molecule has 8 heteroatoms. The summed E-state index contributed by atoms with van der Waals surface area (Å²) < 4.78 is 37.6. The zero-order chi connectivity index (χ0) is 19.0. The number of benzene rings is 2. The molecule has 2 N–H and O–H groups in total.